The number of methoxy groups -OCH3 is 1. The molecule has 7 nitrogen and oxygen atoms in total. The lowest BCUT2D eigenvalue weighted by Crippen LogP contribution is -2.94. The number of quaternary nitrogens is 1. The molecule has 122 valence electrons. The molecule has 4 N–H and O–H groups in total. The zero-order valence-corrected chi connectivity index (χ0v) is 13.1. The molecule has 22 heavy (non-hydrogen) atoms. The summed E-state index contributed by atoms with van der Waals surface area (Å²) in [5.41, 5.74) is 0.354. The predicted molar refractivity (Wildman–Crippen MR) is 78.5 cm³/mol. The molecule has 0 saturated heterocycles. The second-order valence-electron chi connectivity index (χ2n) is 4.84. The Kier molecular flexibility index (Phi) is 7.10. The van der Waals surface area contributed by atoms with Crippen molar-refractivity contribution in [1.82, 2.24) is 0 Å². The molecule has 0 aromatic heterocycles. The number of hydrogen-bond donors (Lipinski definition) is 3. The molecule has 0 saturated carbocycles. The maximum absolute atomic E-state index is 12.0. The van der Waals surface area contributed by atoms with Crippen molar-refractivity contribution in [2.75, 3.05) is 19.0 Å². The lowest BCUT2D eigenvalue weighted by atomic mass is 10.2. The largest absolute Gasteiger partial charge is 0.544 e. The summed E-state index contributed by atoms with van der Waals surface area (Å²) < 4.78 is 5.09. The lowest BCUT2D eigenvalue weighted by molar-refractivity contribution is -0.687. The Balaban J connectivity index is 2.71. The van der Waals surface area contributed by atoms with E-state index in [9.17, 15) is 19.8 Å². The van der Waals surface area contributed by atoms with Gasteiger partial charge in [-0.25, -0.2) is 0 Å². The molecule has 0 aliphatic carbocycles. The van der Waals surface area contributed by atoms with E-state index >= 15 is 0 Å². The van der Waals surface area contributed by atoms with Crippen LogP contribution in [0, 0.1) is 0 Å². The standard InChI is InChI=1S/C14H19ClN2O5/c1-8(18)7-16-11(14(20)21)6-13(19)17-10-5-9(15)3-4-12(10)22-2/h3-5,8,11,16,18H,6-7H2,1-2H3,(H,17,19)(H,20,21)/t8-,11-/m0/s1. The zero-order valence-electron chi connectivity index (χ0n) is 12.3. The van der Waals surface area contributed by atoms with Crippen LogP contribution in [0.1, 0.15) is 13.3 Å². The summed E-state index contributed by atoms with van der Waals surface area (Å²) in [4.78, 5) is 23.0. The van der Waals surface area contributed by atoms with Gasteiger partial charge in [0.2, 0.25) is 5.91 Å². The monoisotopic (exact) mass is 330 g/mol. The van der Waals surface area contributed by atoms with Crippen molar-refractivity contribution in [2.24, 2.45) is 0 Å². The van der Waals surface area contributed by atoms with Gasteiger partial charge < -0.3 is 30.4 Å². The third-order valence-corrected chi connectivity index (χ3v) is 3.14. The second-order valence-corrected chi connectivity index (χ2v) is 5.28. The zero-order chi connectivity index (χ0) is 16.7. The SMILES string of the molecule is COc1ccc(Cl)cc1NC(=O)C[C@H]([NH2+]C[C@H](C)O)C(=O)[O-]. The molecular weight excluding hydrogens is 312 g/mol. The van der Waals surface area contributed by atoms with Crippen molar-refractivity contribution in [3.63, 3.8) is 0 Å². The average Bonchev–Trinajstić information content (AvgIpc) is 2.43. The number of carboxylic acids is 1. The first-order valence-electron chi connectivity index (χ1n) is 6.69. The van der Waals surface area contributed by atoms with Gasteiger partial charge in [0.05, 0.1) is 31.3 Å². The van der Waals surface area contributed by atoms with E-state index in [1.807, 2.05) is 0 Å². The van der Waals surface area contributed by atoms with E-state index in [1.165, 1.54) is 25.4 Å². The van der Waals surface area contributed by atoms with Crippen LogP contribution in [0.2, 0.25) is 5.02 Å². The van der Waals surface area contributed by atoms with Gasteiger partial charge in [-0.15, -0.1) is 0 Å². The highest BCUT2D eigenvalue weighted by Crippen LogP contribution is 2.27. The first-order valence-corrected chi connectivity index (χ1v) is 7.07. The molecule has 8 heteroatoms. The van der Waals surface area contributed by atoms with Crippen molar-refractivity contribution in [3.05, 3.63) is 23.2 Å². The molecule has 0 bridgehead atoms. The van der Waals surface area contributed by atoms with Gasteiger partial charge >= 0.3 is 0 Å². The van der Waals surface area contributed by atoms with E-state index in [-0.39, 0.29) is 13.0 Å². The second kappa shape index (κ2) is 8.57. The van der Waals surface area contributed by atoms with Crippen molar-refractivity contribution < 1.29 is 29.9 Å². The molecule has 1 aromatic rings. The fourth-order valence-corrected chi connectivity index (χ4v) is 1.98. The summed E-state index contributed by atoms with van der Waals surface area (Å²) in [6.07, 6.45) is -0.983. The van der Waals surface area contributed by atoms with E-state index in [0.29, 0.717) is 16.5 Å². The molecule has 0 fully saturated rings. The molecule has 0 unspecified atom stereocenters. The normalized spacial score (nSPS) is 13.3. The van der Waals surface area contributed by atoms with Crippen LogP contribution >= 0.6 is 11.6 Å². The van der Waals surface area contributed by atoms with Gasteiger partial charge in [-0.05, 0) is 25.1 Å². The number of amides is 1. The van der Waals surface area contributed by atoms with Crippen molar-refractivity contribution in [1.29, 1.82) is 0 Å². The molecular formula is C14H19ClN2O5. The number of halogens is 1. The van der Waals surface area contributed by atoms with Gasteiger partial charge in [0.25, 0.3) is 0 Å². The van der Waals surface area contributed by atoms with Gasteiger partial charge in [-0.2, -0.15) is 0 Å². The number of carbonyl (C=O) groups excluding carboxylic acids is 2. The Morgan fingerprint density at radius 3 is 2.73 bits per heavy atom. The topological polar surface area (TPSA) is 115 Å². The highest BCUT2D eigenvalue weighted by Gasteiger charge is 2.20. The molecule has 1 rings (SSSR count). The number of aliphatic carboxylic acids is 1. The third kappa shape index (κ3) is 5.88. The van der Waals surface area contributed by atoms with E-state index in [1.54, 1.807) is 12.1 Å². The Hall–Kier alpha value is -1.83. The van der Waals surface area contributed by atoms with Crippen LogP contribution in [0.4, 0.5) is 5.69 Å². The number of nitrogens with one attached hydrogen (secondary N) is 1. The molecule has 0 spiro atoms. The number of rotatable bonds is 8. The Morgan fingerprint density at radius 1 is 1.50 bits per heavy atom. The molecule has 1 aromatic carbocycles. The molecule has 0 aliphatic heterocycles. The predicted octanol–water partition coefficient (Wildman–Crippen LogP) is -1.26. The van der Waals surface area contributed by atoms with E-state index in [2.05, 4.69) is 5.32 Å². The van der Waals surface area contributed by atoms with Crippen LogP contribution in [0.15, 0.2) is 18.2 Å². The minimum Gasteiger partial charge on any atom is -0.544 e. The minimum atomic E-state index is -1.37. The van der Waals surface area contributed by atoms with Crippen molar-refractivity contribution in [3.8, 4) is 5.75 Å². The van der Waals surface area contributed by atoms with Crippen LogP contribution in [0.25, 0.3) is 0 Å². The fourth-order valence-electron chi connectivity index (χ4n) is 1.80. The first-order chi connectivity index (χ1) is 10.3. The number of ether oxygens (including phenoxy) is 1. The number of hydrogen-bond acceptors (Lipinski definition) is 5. The fraction of sp³-hybridized carbons (Fsp3) is 0.429. The summed E-state index contributed by atoms with van der Waals surface area (Å²) in [6.45, 7) is 1.69. The Bertz CT molecular complexity index is 536. The van der Waals surface area contributed by atoms with Crippen LogP contribution in [0.3, 0.4) is 0 Å². The number of aliphatic hydroxyl groups excluding tert-OH is 1. The number of anilines is 1. The maximum atomic E-state index is 12.0. The highest BCUT2D eigenvalue weighted by molar-refractivity contribution is 6.31. The third-order valence-electron chi connectivity index (χ3n) is 2.91. The summed E-state index contributed by atoms with van der Waals surface area (Å²) in [6, 6.07) is 3.62. The molecule has 0 aliphatic rings. The number of aliphatic hydroxyl groups is 1. The minimum absolute atomic E-state index is 0.159. The summed E-state index contributed by atoms with van der Waals surface area (Å²) in [7, 11) is 1.44. The van der Waals surface area contributed by atoms with Gasteiger partial charge in [0, 0.05) is 5.02 Å². The number of benzene rings is 1. The molecule has 2 atom stereocenters. The van der Waals surface area contributed by atoms with E-state index in [4.69, 9.17) is 16.3 Å². The van der Waals surface area contributed by atoms with Crippen molar-refractivity contribution in [2.45, 2.75) is 25.5 Å². The smallest absolute Gasteiger partial charge is 0.230 e. The van der Waals surface area contributed by atoms with Crippen LogP contribution < -0.4 is 20.5 Å². The van der Waals surface area contributed by atoms with Gasteiger partial charge in [0.15, 0.2) is 0 Å². The number of carbonyl (C=O) groups is 2. The first kappa shape index (κ1) is 18.2. The van der Waals surface area contributed by atoms with E-state index < -0.39 is 24.0 Å². The van der Waals surface area contributed by atoms with Crippen LogP contribution in [-0.2, 0) is 9.59 Å². The van der Waals surface area contributed by atoms with Gasteiger partial charge in [-0.3, -0.25) is 4.79 Å². The van der Waals surface area contributed by atoms with Gasteiger partial charge in [0.1, 0.15) is 18.3 Å². The van der Waals surface area contributed by atoms with Crippen molar-refractivity contribution >= 4 is 29.2 Å². The van der Waals surface area contributed by atoms with E-state index in [0.717, 1.165) is 0 Å². The highest BCUT2D eigenvalue weighted by atomic mass is 35.5. The number of carboxylic acid groups (broad SMARTS) is 1. The molecule has 0 radical (unpaired) electrons. The summed E-state index contributed by atoms with van der Waals surface area (Å²) in [5.74, 6) is -1.47. The molecule has 1 amide bonds. The van der Waals surface area contributed by atoms with Crippen LogP contribution in [0.5, 0.6) is 5.75 Å². The average molecular weight is 331 g/mol. The Labute approximate surface area is 133 Å². The Morgan fingerprint density at radius 2 is 2.18 bits per heavy atom. The summed E-state index contributed by atoms with van der Waals surface area (Å²) in [5, 5.41) is 24.5. The van der Waals surface area contributed by atoms with Crippen LogP contribution in [-0.4, -0.2) is 42.8 Å². The maximum Gasteiger partial charge on any atom is 0.230 e. The summed E-state index contributed by atoms with van der Waals surface area (Å²) >= 11 is 5.85. The lowest BCUT2D eigenvalue weighted by Gasteiger charge is -2.17. The molecule has 0 heterocycles. The van der Waals surface area contributed by atoms with Gasteiger partial charge in [-0.1, -0.05) is 11.6 Å². The number of nitrogens with two attached hydrogens (primary N) is 1. The quantitative estimate of drug-likeness (QED) is 0.550.